The predicted octanol–water partition coefficient (Wildman–Crippen LogP) is 1.02. The second-order valence-electron chi connectivity index (χ2n) is 5.52. The molecule has 4 atom stereocenters. The van der Waals surface area contributed by atoms with E-state index < -0.39 is 0 Å². The highest BCUT2D eigenvalue weighted by molar-refractivity contribution is 5.76. The Kier molecular flexibility index (Phi) is 2.29. The lowest BCUT2D eigenvalue weighted by Crippen LogP contribution is -2.12. The van der Waals surface area contributed by atoms with Gasteiger partial charge in [0.05, 0.1) is 13.4 Å². The van der Waals surface area contributed by atoms with E-state index >= 15 is 0 Å². The number of rotatable bonds is 3. The Labute approximate surface area is 110 Å². The first-order chi connectivity index (χ1) is 9.33. The number of aliphatic hydroxyl groups is 1. The molecule has 6 nitrogen and oxygen atoms in total. The highest BCUT2D eigenvalue weighted by atomic mass is 16.5. The van der Waals surface area contributed by atoms with Gasteiger partial charge in [0, 0.05) is 12.6 Å². The number of methoxy groups -OCH3 is 1. The van der Waals surface area contributed by atoms with Crippen LogP contribution in [-0.4, -0.2) is 38.3 Å². The zero-order valence-electron chi connectivity index (χ0n) is 10.7. The second-order valence-corrected chi connectivity index (χ2v) is 5.52. The molecule has 100 valence electrons. The van der Waals surface area contributed by atoms with Gasteiger partial charge in [-0.25, -0.2) is 9.97 Å². The molecule has 2 aromatic heterocycles. The number of hydrogen-bond acceptors (Lipinski definition) is 5. The van der Waals surface area contributed by atoms with Crippen LogP contribution in [0.25, 0.3) is 11.2 Å². The van der Waals surface area contributed by atoms with E-state index in [1.807, 2.05) is 6.33 Å². The van der Waals surface area contributed by atoms with Crippen LogP contribution in [0.3, 0.4) is 0 Å². The zero-order valence-corrected chi connectivity index (χ0v) is 10.7. The average molecular weight is 260 g/mol. The zero-order chi connectivity index (χ0) is 13.0. The molecule has 2 aliphatic carbocycles. The highest BCUT2D eigenvalue weighted by Crippen LogP contribution is 2.60. The molecule has 0 spiro atoms. The summed E-state index contributed by atoms with van der Waals surface area (Å²) in [4.78, 5) is 12.8. The van der Waals surface area contributed by atoms with Gasteiger partial charge in [0.15, 0.2) is 11.2 Å². The standard InChI is InChI=1S/C13H16N4O2/c1-19-13-11-12(14-5-15-13)17(6-16-11)10-2-7(4-18)8-3-9(8)10/h5-10,18H,2-4H2,1H3/t7-,8+,9+,10-/m1/s1. The summed E-state index contributed by atoms with van der Waals surface area (Å²) in [6.07, 6.45) is 5.59. The van der Waals surface area contributed by atoms with Gasteiger partial charge in [-0.3, -0.25) is 0 Å². The Hall–Kier alpha value is -1.69. The lowest BCUT2D eigenvalue weighted by Gasteiger charge is -2.16. The van der Waals surface area contributed by atoms with E-state index in [4.69, 9.17) is 4.74 Å². The van der Waals surface area contributed by atoms with Crippen molar-refractivity contribution in [2.24, 2.45) is 17.8 Å². The molecular weight excluding hydrogens is 244 g/mol. The average Bonchev–Trinajstić information content (AvgIpc) is 2.97. The molecule has 19 heavy (non-hydrogen) atoms. The van der Waals surface area contributed by atoms with E-state index in [2.05, 4.69) is 19.5 Å². The van der Waals surface area contributed by atoms with Gasteiger partial charge in [-0.15, -0.1) is 0 Å². The van der Waals surface area contributed by atoms with Crippen LogP contribution in [0.4, 0.5) is 0 Å². The molecule has 0 radical (unpaired) electrons. The summed E-state index contributed by atoms with van der Waals surface area (Å²) >= 11 is 0. The fourth-order valence-electron chi connectivity index (χ4n) is 3.63. The lowest BCUT2D eigenvalue weighted by atomic mass is 10.0. The van der Waals surface area contributed by atoms with Gasteiger partial charge in [0.2, 0.25) is 5.88 Å². The number of fused-ring (bicyclic) bond motifs is 2. The van der Waals surface area contributed by atoms with Crippen LogP contribution in [0.5, 0.6) is 5.88 Å². The molecular formula is C13H16N4O2. The second kappa shape index (κ2) is 3.90. The Morgan fingerprint density at radius 1 is 1.32 bits per heavy atom. The van der Waals surface area contributed by atoms with E-state index in [0.29, 0.717) is 36.3 Å². The van der Waals surface area contributed by atoms with Crippen molar-refractivity contribution in [2.45, 2.75) is 18.9 Å². The Balaban J connectivity index is 1.76. The summed E-state index contributed by atoms with van der Waals surface area (Å²) in [6, 6.07) is 0.409. The molecule has 0 amide bonds. The Morgan fingerprint density at radius 3 is 2.95 bits per heavy atom. The van der Waals surface area contributed by atoms with Gasteiger partial charge in [-0.05, 0) is 30.6 Å². The van der Waals surface area contributed by atoms with Crippen molar-refractivity contribution < 1.29 is 9.84 Å². The van der Waals surface area contributed by atoms with Crippen molar-refractivity contribution in [1.82, 2.24) is 19.5 Å². The molecule has 1 N–H and O–H groups in total. The highest BCUT2D eigenvalue weighted by Gasteiger charge is 2.54. The van der Waals surface area contributed by atoms with Crippen LogP contribution in [0.15, 0.2) is 12.7 Å². The summed E-state index contributed by atoms with van der Waals surface area (Å²) in [7, 11) is 1.59. The van der Waals surface area contributed by atoms with E-state index in [1.54, 1.807) is 7.11 Å². The van der Waals surface area contributed by atoms with Gasteiger partial charge >= 0.3 is 0 Å². The number of hydrogen-bond donors (Lipinski definition) is 1. The molecule has 0 unspecified atom stereocenters. The van der Waals surface area contributed by atoms with Crippen LogP contribution >= 0.6 is 0 Å². The predicted molar refractivity (Wildman–Crippen MR) is 67.7 cm³/mol. The number of nitrogens with zero attached hydrogens (tertiary/aromatic N) is 4. The van der Waals surface area contributed by atoms with Crippen LogP contribution in [0.2, 0.25) is 0 Å². The van der Waals surface area contributed by atoms with Gasteiger partial charge < -0.3 is 14.4 Å². The van der Waals surface area contributed by atoms with Crippen molar-refractivity contribution >= 4 is 11.2 Å². The topological polar surface area (TPSA) is 73.1 Å². The van der Waals surface area contributed by atoms with Crippen molar-refractivity contribution in [1.29, 1.82) is 0 Å². The third kappa shape index (κ3) is 1.49. The molecule has 4 rings (SSSR count). The van der Waals surface area contributed by atoms with Crippen LogP contribution < -0.4 is 4.74 Å². The maximum absolute atomic E-state index is 9.40. The summed E-state index contributed by atoms with van der Waals surface area (Å²) in [5, 5.41) is 9.40. The molecule has 0 aliphatic heterocycles. The van der Waals surface area contributed by atoms with E-state index in [-0.39, 0.29) is 0 Å². The molecule has 2 aliphatic rings. The summed E-state index contributed by atoms with van der Waals surface area (Å²) < 4.78 is 7.35. The minimum atomic E-state index is 0.294. The van der Waals surface area contributed by atoms with Crippen molar-refractivity contribution in [3.63, 3.8) is 0 Å². The SMILES string of the molecule is COc1ncnc2c1ncn2[C@@H]1C[C@H](CO)[C@@H]2C[C@@H]21. The largest absolute Gasteiger partial charge is 0.479 e. The van der Waals surface area contributed by atoms with E-state index in [1.165, 1.54) is 12.7 Å². The fourth-order valence-corrected chi connectivity index (χ4v) is 3.63. The molecule has 2 heterocycles. The molecule has 0 aromatic carbocycles. The molecule has 2 aromatic rings. The number of aromatic nitrogens is 4. The lowest BCUT2D eigenvalue weighted by molar-refractivity contribution is 0.208. The quantitative estimate of drug-likeness (QED) is 0.892. The Morgan fingerprint density at radius 2 is 2.21 bits per heavy atom. The summed E-state index contributed by atoms with van der Waals surface area (Å²) in [5.41, 5.74) is 1.55. The summed E-state index contributed by atoms with van der Waals surface area (Å²) in [6.45, 7) is 0.294. The number of imidazole rings is 1. The maximum atomic E-state index is 9.40. The van der Waals surface area contributed by atoms with Crippen LogP contribution in [0, 0.1) is 17.8 Å². The van der Waals surface area contributed by atoms with Crippen molar-refractivity contribution in [3.8, 4) is 5.88 Å². The van der Waals surface area contributed by atoms with Crippen molar-refractivity contribution in [3.05, 3.63) is 12.7 Å². The van der Waals surface area contributed by atoms with Gasteiger partial charge in [0.25, 0.3) is 0 Å². The number of ether oxygens (including phenoxy) is 1. The minimum absolute atomic E-state index is 0.294. The summed E-state index contributed by atoms with van der Waals surface area (Å²) in [5.74, 6) is 2.33. The van der Waals surface area contributed by atoms with E-state index in [9.17, 15) is 5.11 Å². The maximum Gasteiger partial charge on any atom is 0.245 e. The smallest absolute Gasteiger partial charge is 0.245 e. The van der Waals surface area contributed by atoms with Gasteiger partial charge in [-0.1, -0.05) is 0 Å². The van der Waals surface area contributed by atoms with Crippen molar-refractivity contribution in [2.75, 3.05) is 13.7 Å². The van der Waals surface area contributed by atoms with Gasteiger partial charge in [0.1, 0.15) is 6.33 Å². The third-order valence-electron chi connectivity index (χ3n) is 4.65. The number of aliphatic hydroxyl groups excluding tert-OH is 1. The first kappa shape index (κ1) is 11.2. The molecule has 2 saturated carbocycles. The van der Waals surface area contributed by atoms with E-state index in [0.717, 1.165) is 17.6 Å². The molecule has 2 fully saturated rings. The monoisotopic (exact) mass is 260 g/mol. The third-order valence-corrected chi connectivity index (χ3v) is 4.65. The Bertz CT molecular complexity index is 626. The first-order valence-electron chi connectivity index (χ1n) is 6.66. The van der Waals surface area contributed by atoms with Gasteiger partial charge in [-0.2, -0.15) is 4.98 Å². The molecule has 0 saturated heterocycles. The van der Waals surface area contributed by atoms with Crippen LogP contribution in [0.1, 0.15) is 18.9 Å². The first-order valence-corrected chi connectivity index (χ1v) is 6.66. The normalized spacial score (nSPS) is 32.5. The van der Waals surface area contributed by atoms with Crippen LogP contribution in [-0.2, 0) is 0 Å². The molecule has 6 heteroatoms. The molecule has 0 bridgehead atoms. The minimum Gasteiger partial charge on any atom is -0.479 e. The fraction of sp³-hybridized carbons (Fsp3) is 0.615.